The first-order chi connectivity index (χ1) is 12.2. The summed E-state index contributed by atoms with van der Waals surface area (Å²) in [4.78, 5) is 12.0. The fourth-order valence-electron chi connectivity index (χ4n) is 3.97. The number of rotatable bonds is 4. The molecule has 2 aliphatic rings. The molecule has 0 amide bonds. The molecule has 3 heterocycles. The first kappa shape index (κ1) is 17.1. The lowest BCUT2D eigenvalue weighted by molar-refractivity contribution is 0.428. The molecule has 2 aromatic rings. The van der Waals surface area contributed by atoms with Crippen LogP contribution in [0.4, 0.5) is 5.82 Å². The topological polar surface area (TPSA) is 58.4 Å². The van der Waals surface area contributed by atoms with Crippen LogP contribution in [0.25, 0.3) is 5.78 Å². The van der Waals surface area contributed by atoms with E-state index in [1.54, 1.807) is 11.8 Å². The van der Waals surface area contributed by atoms with E-state index in [9.17, 15) is 0 Å². The van der Waals surface area contributed by atoms with Crippen molar-refractivity contribution in [3.63, 3.8) is 0 Å². The molecule has 2 aromatic heterocycles. The highest BCUT2D eigenvalue weighted by Gasteiger charge is 2.24. The number of nitrogens with one attached hydrogen (secondary N) is 1. The molecule has 136 valence electrons. The van der Waals surface area contributed by atoms with Gasteiger partial charge >= 0.3 is 0 Å². The molecule has 1 saturated heterocycles. The second kappa shape index (κ2) is 7.50. The normalized spacial score (nSPS) is 22.6. The van der Waals surface area contributed by atoms with Crippen molar-refractivity contribution >= 4 is 23.4 Å². The Balaban J connectivity index is 1.74. The van der Waals surface area contributed by atoms with Gasteiger partial charge in [-0.1, -0.05) is 26.2 Å². The minimum absolute atomic E-state index is 0.487. The van der Waals surface area contributed by atoms with E-state index in [-0.39, 0.29) is 0 Å². The number of aromatic nitrogens is 4. The Kier molecular flexibility index (Phi) is 5.12. The van der Waals surface area contributed by atoms with Crippen LogP contribution >= 0.6 is 11.8 Å². The predicted molar refractivity (Wildman–Crippen MR) is 103 cm³/mol. The molecule has 6 nitrogen and oxygen atoms in total. The molecular formula is C18H28N6S. The highest BCUT2D eigenvalue weighted by atomic mass is 32.2. The zero-order valence-electron chi connectivity index (χ0n) is 15.2. The summed E-state index contributed by atoms with van der Waals surface area (Å²) in [6.45, 7) is 7.40. The second-order valence-corrected chi connectivity index (χ2v) is 8.49. The van der Waals surface area contributed by atoms with E-state index >= 15 is 0 Å². The van der Waals surface area contributed by atoms with Crippen molar-refractivity contribution in [3.05, 3.63) is 11.9 Å². The van der Waals surface area contributed by atoms with Gasteiger partial charge < -0.3 is 10.2 Å². The van der Waals surface area contributed by atoms with Gasteiger partial charge in [0.15, 0.2) is 5.82 Å². The molecule has 0 radical (unpaired) electrons. The minimum Gasteiger partial charge on any atom is -0.354 e. The summed E-state index contributed by atoms with van der Waals surface area (Å²) in [5, 5.41) is 9.48. The third kappa shape index (κ3) is 3.62. The third-order valence-electron chi connectivity index (χ3n) is 5.24. The first-order valence-corrected chi connectivity index (χ1v) is 10.6. The molecule has 0 aromatic carbocycles. The second-order valence-electron chi connectivity index (χ2n) is 7.20. The van der Waals surface area contributed by atoms with Gasteiger partial charge in [0.1, 0.15) is 10.8 Å². The minimum atomic E-state index is 0.487. The van der Waals surface area contributed by atoms with Crippen LogP contribution in [0.15, 0.2) is 11.1 Å². The van der Waals surface area contributed by atoms with Crippen LogP contribution in [0.1, 0.15) is 57.7 Å². The highest BCUT2D eigenvalue weighted by Crippen LogP contribution is 2.32. The third-order valence-corrected chi connectivity index (χ3v) is 6.04. The van der Waals surface area contributed by atoms with E-state index in [4.69, 9.17) is 15.1 Å². The van der Waals surface area contributed by atoms with E-state index < -0.39 is 0 Å². The maximum absolute atomic E-state index is 4.91. The summed E-state index contributed by atoms with van der Waals surface area (Å²) in [6.07, 6.45) is 6.38. The van der Waals surface area contributed by atoms with Gasteiger partial charge in [-0.05, 0) is 25.5 Å². The van der Waals surface area contributed by atoms with Gasteiger partial charge in [-0.3, -0.25) is 0 Å². The highest BCUT2D eigenvalue weighted by molar-refractivity contribution is 7.99. The van der Waals surface area contributed by atoms with Crippen LogP contribution in [-0.2, 0) is 0 Å². The summed E-state index contributed by atoms with van der Waals surface area (Å²) in [5.74, 6) is 4.43. The Hall–Kier alpha value is -1.34. The molecule has 1 atom stereocenters. The van der Waals surface area contributed by atoms with Crippen LogP contribution in [0.3, 0.4) is 0 Å². The number of thioether (sulfide) groups is 1. The Morgan fingerprint density at radius 3 is 2.84 bits per heavy atom. The van der Waals surface area contributed by atoms with Gasteiger partial charge in [0.2, 0.25) is 0 Å². The molecule has 4 rings (SSSR count). The van der Waals surface area contributed by atoms with Gasteiger partial charge in [0, 0.05) is 37.7 Å². The lowest BCUT2D eigenvalue weighted by Crippen LogP contribution is -2.49. The standard InChI is InChI=1S/C18H28N6S/c1-3-25-15-11-16(23-10-9-19-13(2)12-23)24-18(20-15)21-17(22-24)14-7-5-4-6-8-14/h11,13-14,19H,3-10,12H2,1-2H3. The van der Waals surface area contributed by atoms with Gasteiger partial charge in [0.25, 0.3) is 5.78 Å². The van der Waals surface area contributed by atoms with E-state index in [2.05, 4.69) is 30.1 Å². The SMILES string of the molecule is CCSc1cc(N2CCNC(C)C2)n2nc(C3CCCCC3)nc2n1. The molecule has 7 heteroatoms. The molecule has 0 bridgehead atoms. The lowest BCUT2D eigenvalue weighted by atomic mass is 9.89. The molecule has 2 fully saturated rings. The van der Waals surface area contributed by atoms with E-state index in [0.29, 0.717) is 12.0 Å². The van der Waals surface area contributed by atoms with Crippen molar-refractivity contribution in [3.8, 4) is 0 Å². The summed E-state index contributed by atoms with van der Waals surface area (Å²) in [6, 6.07) is 2.68. The Bertz CT molecular complexity index is 724. The maximum atomic E-state index is 4.91. The van der Waals surface area contributed by atoms with E-state index in [1.807, 2.05) is 4.52 Å². The van der Waals surface area contributed by atoms with Crippen molar-refractivity contribution in [2.24, 2.45) is 0 Å². The summed E-state index contributed by atoms with van der Waals surface area (Å²) >= 11 is 1.78. The molecular weight excluding hydrogens is 332 g/mol. The first-order valence-electron chi connectivity index (χ1n) is 9.63. The van der Waals surface area contributed by atoms with Crippen molar-refractivity contribution < 1.29 is 0 Å². The summed E-state index contributed by atoms with van der Waals surface area (Å²) in [5.41, 5.74) is 0. The summed E-state index contributed by atoms with van der Waals surface area (Å²) in [7, 11) is 0. The smallest absolute Gasteiger partial charge is 0.255 e. The Labute approximate surface area is 153 Å². The predicted octanol–water partition coefficient (Wildman–Crippen LogP) is 3.08. The largest absolute Gasteiger partial charge is 0.354 e. The molecule has 1 unspecified atom stereocenters. The van der Waals surface area contributed by atoms with E-state index in [1.165, 1.54) is 32.1 Å². The summed E-state index contributed by atoms with van der Waals surface area (Å²) < 4.78 is 1.99. The monoisotopic (exact) mass is 360 g/mol. The quantitative estimate of drug-likeness (QED) is 0.668. The zero-order chi connectivity index (χ0) is 17.2. The molecule has 1 aliphatic heterocycles. The van der Waals surface area contributed by atoms with Crippen molar-refractivity contribution in [2.45, 2.75) is 62.9 Å². The fourth-order valence-corrected chi connectivity index (χ4v) is 4.60. The Morgan fingerprint density at radius 1 is 1.24 bits per heavy atom. The molecule has 0 spiro atoms. The number of hydrogen-bond acceptors (Lipinski definition) is 6. The number of nitrogens with zero attached hydrogens (tertiary/aromatic N) is 5. The van der Waals surface area contributed by atoms with Gasteiger partial charge in [0.05, 0.1) is 0 Å². The molecule has 1 aliphatic carbocycles. The number of hydrogen-bond donors (Lipinski definition) is 1. The van der Waals surface area contributed by atoms with Crippen molar-refractivity contribution in [2.75, 3.05) is 30.3 Å². The average molecular weight is 361 g/mol. The lowest BCUT2D eigenvalue weighted by Gasteiger charge is -2.33. The Morgan fingerprint density at radius 2 is 2.08 bits per heavy atom. The van der Waals surface area contributed by atoms with Gasteiger partial charge in [-0.25, -0.2) is 4.98 Å². The van der Waals surface area contributed by atoms with Gasteiger partial charge in [-0.2, -0.15) is 9.50 Å². The van der Waals surface area contributed by atoms with Crippen molar-refractivity contribution in [1.29, 1.82) is 0 Å². The molecule has 25 heavy (non-hydrogen) atoms. The number of piperazine rings is 1. The fraction of sp³-hybridized carbons (Fsp3) is 0.722. The van der Waals surface area contributed by atoms with Crippen molar-refractivity contribution in [1.82, 2.24) is 24.9 Å². The van der Waals surface area contributed by atoms with Crippen LogP contribution in [0, 0.1) is 0 Å². The molecule has 1 saturated carbocycles. The molecule has 1 N–H and O–H groups in total. The number of anilines is 1. The number of fused-ring (bicyclic) bond motifs is 1. The van der Waals surface area contributed by atoms with Gasteiger partial charge in [-0.15, -0.1) is 16.9 Å². The van der Waals surface area contributed by atoms with E-state index in [0.717, 1.165) is 47.8 Å². The maximum Gasteiger partial charge on any atom is 0.255 e. The van der Waals surface area contributed by atoms with Crippen LogP contribution < -0.4 is 10.2 Å². The van der Waals surface area contributed by atoms with Crippen LogP contribution in [0.5, 0.6) is 0 Å². The van der Waals surface area contributed by atoms with Crippen LogP contribution in [0.2, 0.25) is 0 Å². The van der Waals surface area contributed by atoms with Crippen LogP contribution in [-0.4, -0.2) is 51.0 Å². The zero-order valence-corrected chi connectivity index (χ0v) is 16.1. The average Bonchev–Trinajstić information content (AvgIpc) is 3.06.